The van der Waals surface area contributed by atoms with Crippen molar-refractivity contribution >= 4 is 34.4 Å². The predicted molar refractivity (Wildman–Crippen MR) is 118 cm³/mol. The maximum Gasteiger partial charge on any atom is 0.266 e. The van der Waals surface area contributed by atoms with Gasteiger partial charge >= 0.3 is 0 Å². The molecule has 0 spiro atoms. The molecule has 8 heteroatoms. The number of aryl methyl sites for hydroxylation is 1. The number of aromatic nitrogens is 4. The highest BCUT2D eigenvalue weighted by Gasteiger charge is 2.14. The first-order valence-corrected chi connectivity index (χ1v) is 10.2. The highest BCUT2D eigenvalue weighted by Crippen LogP contribution is 2.19. The van der Waals surface area contributed by atoms with Crippen LogP contribution < -0.4 is 5.56 Å². The number of fused-ring (bicyclic) bond motifs is 1. The van der Waals surface area contributed by atoms with E-state index in [0.717, 1.165) is 17.2 Å². The van der Waals surface area contributed by atoms with Crippen LogP contribution in [0, 0.1) is 12.7 Å². The van der Waals surface area contributed by atoms with Crippen molar-refractivity contribution in [1.29, 1.82) is 0 Å². The second-order valence-corrected chi connectivity index (χ2v) is 8.06. The Bertz CT molecular complexity index is 1310. The lowest BCUT2D eigenvalue weighted by Crippen LogP contribution is -2.23. The van der Waals surface area contributed by atoms with Gasteiger partial charge in [-0.1, -0.05) is 0 Å². The summed E-state index contributed by atoms with van der Waals surface area (Å²) in [6.07, 6.45) is 5.25. The van der Waals surface area contributed by atoms with Crippen LogP contribution >= 0.6 is 11.3 Å². The van der Waals surface area contributed by atoms with Gasteiger partial charge in [-0.25, -0.2) is 14.4 Å². The second-order valence-electron chi connectivity index (χ2n) is 7.12. The van der Waals surface area contributed by atoms with Gasteiger partial charge in [-0.3, -0.25) is 14.3 Å². The molecule has 0 fully saturated rings. The zero-order valence-electron chi connectivity index (χ0n) is 16.8. The van der Waals surface area contributed by atoms with Crippen molar-refractivity contribution < 1.29 is 4.39 Å². The third kappa shape index (κ3) is 4.05. The molecule has 0 aliphatic carbocycles. The molecule has 0 aliphatic rings. The maximum absolute atomic E-state index is 13.8. The van der Waals surface area contributed by atoms with Gasteiger partial charge in [0.2, 0.25) is 0 Å². The number of halogens is 1. The Morgan fingerprint density at radius 2 is 2.03 bits per heavy atom. The van der Waals surface area contributed by atoms with Crippen LogP contribution in [-0.2, 0) is 6.54 Å². The lowest BCUT2D eigenvalue weighted by Gasteiger charge is -2.13. The fraction of sp³-hybridized carbons (Fsp3) is 0.182. The number of hydrogen-bond donors (Lipinski definition) is 0. The molecule has 30 heavy (non-hydrogen) atoms. The van der Waals surface area contributed by atoms with Gasteiger partial charge in [-0.15, -0.1) is 11.3 Å². The van der Waals surface area contributed by atoms with E-state index in [1.54, 1.807) is 35.7 Å². The summed E-state index contributed by atoms with van der Waals surface area (Å²) >= 11 is 1.58. The van der Waals surface area contributed by atoms with Crippen LogP contribution in [0.2, 0.25) is 0 Å². The van der Waals surface area contributed by atoms with Crippen molar-refractivity contribution in [2.24, 2.45) is 0 Å². The van der Waals surface area contributed by atoms with E-state index in [0.29, 0.717) is 22.7 Å². The smallest absolute Gasteiger partial charge is 0.266 e. The van der Waals surface area contributed by atoms with Crippen LogP contribution in [0.4, 0.5) is 4.39 Å². The Kier molecular flexibility index (Phi) is 5.52. The van der Waals surface area contributed by atoms with Gasteiger partial charge in [-0.2, -0.15) is 0 Å². The molecule has 0 saturated heterocycles. The van der Waals surface area contributed by atoms with Crippen molar-refractivity contribution in [3.8, 4) is 5.69 Å². The minimum atomic E-state index is -0.477. The number of thiazole rings is 1. The van der Waals surface area contributed by atoms with E-state index in [2.05, 4.69) is 19.9 Å². The maximum atomic E-state index is 13.8. The lowest BCUT2D eigenvalue weighted by molar-refractivity contribution is 0.401. The van der Waals surface area contributed by atoms with E-state index in [1.807, 2.05) is 32.5 Å². The molecule has 1 aromatic carbocycles. The summed E-state index contributed by atoms with van der Waals surface area (Å²) in [6, 6.07) is 7.59. The molecule has 4 aromatic rings. The van der Waals surface area contributed by atoms with E-state index in [4.69, 9.17) is 0 Å². The highest BCUT2D eigenvalue weighted by molar-refractivity contribution is 7.09. The van der Waals surface area contributed by atoms with Gasteiger partial charge in [0.05, 0.1) is 28.0 Å². The molecule has 0 N–H and O–H groups in total. The Balaban J connectivity index is 1.87. The summed E-state index contributed by atoms with van der Waals surface area (Å²) in [6.45, 7) is 2.58. The van der Waals surface area contributed by atoms with Crippen LogP contribution in [0.3, 0.4) is 0 Å². The highest BCUT2D eigenvalue weighted by atomic mass is 32.1. The number of benzene rings is 1. The van der Waals surface area contributed by atoms with E-state index in [-0.39, 0.29) is 10.9 Å². The first-order valence-electron chi connectivity index (χ1n) is 9.34. The zero-order valence-corrected chi connectivity index (χ0v) is 17.7. The van der Waals surface area contributed by atoms with Gasteiger partial charge in [0.15, 0.2) is 0 Å². The Labute approximate surface area is 177 Å². The van der Waals surface area contributed by atoms with Gasteiger partial charge < -0.3 is 4.90 Å². The Hall–Kier alpha value is -3.23. The second kappa shape index (κ2) is 8.25. The van der Waals surface area contributed by atoms with Crippen LogP contribution in [0.15, 0.2) is 46.7 Å². The van der Waals surface area contributed by atoms with Crippen LogP contribution in [0.25, 0.3) is 28.7 Å². The molecule has 0 radical (unpaired) electrons. The van der Waals surface area contributed by atoms with Crippen molar-refractivity contribution in [2.75, 3.05) is 14.1 Å². The SMILES string of the molecule is Cc1ncccc1-n1c(/C=C/c2csc(CN(C)C)n2)nc2ccc(F)cc2c1=O. The summed E-state index contributed by atoms with van der Waals surface area (Å²) in [5.41, 5.74) is 2.16. The fourth-order valence-corrected chi connectivity index (χ4v) is 4.02. The molecule has 0 aliphatic heterocycles. The Morgan fingerprint density at radius 3 is 2.80 bits per heavy atom. The van der Waals surface area contributed by atoms with Crippen molar-refractivity contribution in [3.05, 3.63) is 80.3 Å². The van der Waals surface area contributed by atoms with E-state index < -0.39 is 5.82 Å². The van der Waals surface area contributed by atoms with Crippen molar-refractivity contribution in [1.82, 2.24) is 24.4 Å². The molecule has 0 unspecified atom stereocenters. The zero-order chi connectivity index (χ0) is 21.3. The number of nitrogens with zero attached hydrogens (tertiary/aromatic N) is 5. The number of pyridine rings is 1. The summed E-state index contributed by atoms with van der Waals surface area (Å²) < 4.78 is 15.2. The minimum Gasteiger partial charge on any atom is -0.303 e. The summed E-state index contributed by atoms with van der Waals surface area (Å²) in [7, 11) is 3.99. The molecule has 0 amide bonds. The van der Waals surface area contributed by atoms with Gasteiger partial charge in [-0.05, 0) is 63.5 Å². The average molecular weight is 422 g/mol. The molecular formula is C22H20FN5OS. The first kappa shape index (κ1) is 20.1. The minimum absolute atomic E-state index is 0.220. The van der Waals surface area contributed by atoms with Gasteiger partial charge in [0.1, 0.15) is 16.6 Å². The van der Waals surface area contributed by atoms with E-state index >= 15 is 0 Å². The molecular weight excluding hydrogens is 401 g/mol. The predicted octanol–water partition coefficient (Wildman–Crippen LogP) is 3.92. The monoisotopic (exact) mass is 421 g/mol. The molecule has 152 valence electrons. The standard InChI is InChI=1S/C22H20FN5OS/c1-14-19(5-4-10-24-14)28-20(9-7-16-13-30-21(25-16)12-27(2)3)26-18-8-6-15(23)11-17(18)22(28)29/h4-11,13H,12H2,1-3H3/b9-7+. The first-order chi connectivity index (χ1) is 14.4. The fourth-order valence-electron chi connectivity index (χ4n) is 3.14. The molecule has 3 aromatic heterocycles. The van der Waals surface area contributed by atoms with Crippen LogP contribution in [0.5, 0.6) is 0 Å². The van der Waals surface area contributed by atoms with Gasteiger partial charge in [0, 0.05) is 18.1 Å². The molecule has 0 saturated carbocycles. The lowest BCUT2D eigenvalue weighted by atomic mass is 10.2. The van der Waals surface area contributed by atoms with Crippen LogP contribution in [-0.4, -0.2) is 38.5 Å². The molecule has 3 heterocycles. The molecule has 4 rings (SSSR count). The summed E-state index contributed by atoms with van der Waals surface area (Å²) in [5.74, 6) is -0.0487. The average Bonchev–Trinajstić information content (AvgIpc) is 3.14. The third-order valence-electron chi connectivity index (χ3n) is 4.50. The summed E-state index contributed by atoms with van der Waals surface area (Å²) in [4.78, 5) is 28.8. The summed E-state index contributed by atoms with van der Waals surface area (Å²) in [5, 5.41) is 3.18. The Morgan fingerprint density at radius 1 is 1.20 bits per heavy atom. The number of hydrogen-bond acceptors (Lipinski definition) is 6. The van der Waals surface area contributed by atoms with Crippen molar-refractivity contribution in [3.63, 3.8) is 0 Å². The normalized spacial score (nSPS) is 11.8. The topological polar surface area (TPSA) is 63.9 Å². The largest absolute Gasteiger partial charge is 0.303 e. The van der Waals surface area contributed by atoms with Gasteiger partial charge in [0.25, 0.3) is 5.56 Å². The van der Waals surface area contributed by atoms with Crippen LogP contribution in [0.1, 0.15) is 22.2 Å². The van der Waals surface area contributed by atoms with E-state index in [1.165, 1.54) is 22.8 Å². The van der Waals surface area contributed by atoms with Crippen molar-refractivity contribution in [2.45, 2.75) is 13.5 Å². The quantitative estimate of drug-likeness (QED) is 0.489. The number of rotatable bonds is 5. The third-order valence-corrected chi connectivity index (χ3v) is 5.35. The molecule has 6 nitrogen and oxygen atoms in total. The molecule has 0 bridgehead atoms. The van der Waals surface area contributed by atoms with E-state index in [9.17, 15) is 9.18 Å². The molecule has 0 atom stereocenters.